The number of hydrogen-bond donors (Lipinski definition) is 11. The van der Waals surface area contributed by atoms with Gasteiger partial charge in [0.05, 0.1) is 51.3 Å². The molecule has 0 saturated carbocycles. The van der Waals surface area contributed by atoms with E-state index in [0.717, 1.165) is 11.8 Å². The molecule has 6 aliphatic heterocycles. The lowest BCUT2D eigenvalue weighted by atomic mass is 9.86. The first kappa shape index (κ1) is 50.5. The Hall–Kier alpha value is -4.38. The fraction of sp³-hybridized carbons (Fsp3) is 0.591. The molecule has 6 aliphatic rings. The van der Waals surface area contributed by atoms with Gasteiger partial charge in [0.15, 0.2) is 24.1 Å². The van der Waals surface area contributed by atoms with Crippen molar-refractivity contribution < 1.29 is 113 Å². The van der Waals surface area contributed by atoms with Crippen molar-refractivity contribution in [3.8, 4) is 17.2 Å². The minimum atomic E-state index is -1.92. The number of benzene rings is 2. The first-order valence-electron chi connectivity index (χ1n) is 21.6. The van der Waals surface area contributed by atoms with E-state index in [1.165, 1.54) is 12.1 Å². The molecule has 3 fully saturated rings. The van der Waals surface area contributed by atoms with Gasteiger partial charge in [-0.15, -0.1) is 0 Å². The molecule has 23 nitrogen and oxygen atoms in total. The van der Waals surface area contributed by atoms with Gasteiger partial charge in [0, 0.05) is 24.3 Å². The maximum Gasteiger partial charge on any atom is 0.337 e. The SMILES string of the molecule is CC=C1[C@H](O[C@H]2O[C@@H](CO)[C@H](O)[C@@H](O[C@@H]3O[C@@H](CO)[C@H](O)[C@H](O)[C@H]3O)[C@@H]2O)OC=C2C(=O)OCCc3ccc(cc3)Oc3cc(ccc3O[C@H]3O[C@@H](CO)[C@@H](O)[C@@H](O)[C@@H]3O)CCOC(=O)C[C@@H]21. The third kappa shape index (κ3) is 11.2. The molecule has 3 saturated heterocycles. The molecule has 6 heterocycles. The molecule has 2 aromatic carbocycles. The van der Waals surface area contributed by atoms with Crippen LogP contribution in [-0.2, 0) is 60.3 Å². The number of allylic oxidation sites excluding steroid dienone is 1. The zero-order chi connectivity index (χ0) is 48.1. The Morgan fingerprint density at radius 3 is 1.85 bits per heavy atom. The van der Waals surface area contributed by atoms with Gasteiger partial charge in [-0.2, -0.15) is 0 Å². The van der Waals surface area contributed by atoms with E-state index in [-0.39, 0.29) is 48.7 Å². The molecule has 0 amide bonds. The summed E-state index contributed by atoms with van der Waals surface area (Å²) in [5, 5.41) is 114. The summed E-state index contributed by atoms with van der Waals surface area (Å²) in [6.07, 6.45) is -24.1. The maximum atomic E-state index is 13.7. The number of carbonyl (C=O) groups is 2. The molecule has 17 atom stereocenters. The maximum absolute atomic E-state index is 13.7. The Labute approximate surface area is 382 Å². The van der Waals surface area contributed by atoms with E-state index in [1.54, 1.807) is 43.3 Å². The molecule has 0 unspecified atom stereocenters. The highest BCUT2D eigenvalue weighted by Crippen LogP contribution is 2.39. The van der Waals surface area contributed by atoms with Crippen LogP contribution < -0.4 is 9.47 Å². The van der Waals surface area contributed by atoms with Gasteiger partial charge < -0.3 is 104 Å². The van der Waals surface area contributed by atoms with E-state index >= 15 is 0 Å². The predicted molar refractivity (Wildman–Crippen MR) is 219 cm³/mol. The summed E-state index contributed by atoms with van der Waals surface area (Å²) >= 11 is 0. The summed E-state index contributed by atoms with van der Waals surface area (Å²) in [5.74, 6) is -2.13. The average Bonchev–Trinajstić information content (AvgIpc) is 3.32. The van der Waals surface area contributed by atoms with Crippen molar-refractivity contribution in [1.29, 1.82) is 0 Å². The molecule has 0 aliphatic carbocycles. The zero-order valence-electron chi connectivity index (χ0n) is 36.0. The summed E-state index contributed by atoms with van der Waals surface area (Å²) in [7, 11) is 0. The lowest BCUT2D eigenvalue weighted by molar-refractivity contribution is -0.369. The Bertz CT molecular complexity index is 2040. The lowest BCUT2D eigenvalue weighted by Crippen LogP contribution is -2.65. The van der Waals surface area contributed by atoms with Crippen LogP contribution in [-0.4, -0.2) is 200 Å². The normalized spacial score (nSPS) is 38.2. The van der Waals surface area contributed by atoms with E-state index < -0.39 is 143 Å². The van der Waals surface area contributed by atoms with Crippen molar-refractivity contribution >= 4 is 11.9 Å². The monoisotopic (exact) mass is 952 g/mol. The van der Waals surface area contributed by atoms with Gasteiger partial charge in [-0.3, -0.25) is 4.79 Å². The Balaban J connectivity index is 1.09. The summed E-state index contributed by atoms with van der Waals surface area (Å²) in [6, 6.07) is 11.5. The number of aliphatic hydroxyl groups is 11. The number of hydrogen-bond acceptors (Lipinski definition) is 23. The van der Waals surface area contributed by atoms with Crippen LogP contribution >= 0.6 is 0 Å². The van der Waals surface area contributed by atoms with Crippen molar-refractivity contribution in [2.45, 2.75) is 125 Å². The number of aliphatic hydroxyl groups excluding tert-OH is 11. The van der Waals surface area contributed by atoms with E-state index in [0.29, 0.717) is 11.3 Å². The highest BCUT2D eigenvalue weighted by Gasteiger charge is 2.52. The summed E-state index contributed by atoms with van der Waals surface area (Å²) < 4.78 is 57.5. The van der Waals surface area contributed by atoms with Crippen molar-refractivity contribution in [3.63, 3.8) is 0 Å². The molecule has 67 heavy (non-hydrogen) atoms. The van der Waals surface area contributed by atoms with Gasteiger partial charge in [0.25, 0.3) is 0 Å². The number of fused-ring (bicyclic) bond motifs is 9. The second-order valence-corrected chi connectivity index (χ2v) is 16.4. The minimum absolute atomic E-state index is 0.0625. The standard InChI is InChI=1S/C44H56O23/c1-2-22-23-14-30(48)58-11-10-20-5-8-25(62-42-36(54)34(52)31(49)27(15-45)63-42)26(13-20)61-21-6-3-19(4-7-21)9-12-59-40(57)24(23)18-60-41(22)67-44-38(56)39(33(51)29(17-47)65-44)66-43-37(55)35(53)32(50)28(16-46)64-43/h2-8,13,18,23,27-29,31-39,41-47,49-56H,9-12,14-17H2,1H3/t23-,27+,28+,29+,31-,32+,33+,34-,35+,36+,37-,38+,39-,41+,42+,43+,44-/m1/s1. The van der Waals surface area contributed by atoms with E-state index in [4.69, 9.17) is 47.4 Å². The molecule has 370 valence electrons. The fourth-order valence-electron chi connectivity index (χ4n) is 8.17. The number of carbonyl (C=O) groups excluding carboxylic acids is 2. The predicted octanol–water partition coefficient (Wildman–Crippen LogP) is -3.32. The topological polar surface area (TPSA) is 349 Å². The van der Waals surface area contributed by atoms with Gasteiger partial charge in [-0.1, -0.05) is 24.3 Å². The van der Waals surface area contributed by atoms with Gasteiger partial charge in [-0.25, -0.2) is 4.79 Å². The first-order chi connectivity index (χ1) is 32.1. The summed E-state index contributed by atoms with van der Waals surface area (Å²) in [4.78, 5) is 27.3. The number of esters is 2. The fourth-order valence-corrected chi connectivity index (χ4v) is 8.17. The van der Waals surface area contributed by atoms with Crippen LogP contribution in [0.15, 0.2) is 65.9 Å². The minimum Gasteiger partial charge on any atom is -0.468 e. The number of rotatable bonds is 9. The van der Waals surface area contributed by atoms with Crippen LogP contribution in [0.3, 0.4) is 0 Å². The van der Waals surface area contributed by atoms with Crippen molar-refractivity contribution in [3.05, 3.63) is 77.1 Å². The zero-order valence-corrected chi connectivity index (χ0v) is 36.0. The van der Waals surface area contributed by atoms with Gasteiger partial charge in [0.1, 0.15) is 79.0 Å². The third-order valence-electron chi connectivity index (χ3n) is 12.1. The van der Waals surface area contributed by atoms with Crippen LogP contribution in [0.2, 0.25) is 0 Å². The summed E-state index contributed by atoms with van der Waals surface area (Å²) in [6.45, 7) is -0.985. The molecule has 8 rings (SSSR count). The molecule has 23 heteroatoms. The van der Waals surface area contributed by atoms with E-state index in [1.807, 2.05) is 0 Å². The van der Waals surface area contributed by atoms with Gasteiger partial charge in [0.2, 0.25) is 12.6 Å². The van der Waals surface area contributed by atoms with Crippen LogP contribution in [0.5, 0.6) is 17.2 Å². The third-order valence-corrected chi connectivity index (χ3v) is 12.1. The second kappa shape index (κ2) is 22.4. The van der Waals surface area contributed by atoms with Gasteiger partial charge in [-0.05, 0) is 42.3 Å². The van der Waals surface area contributed by atoms with Crippen molar-refractivity contribution in [2.24, 2.45) is 5.92 Å². The molecule has 4 bridgehead atoms. The van der Waals surface area contributed by atoms with Crippen molar-refractivity contribution in [1.82, 2.24) is 0 Å². The van der Waals surface area contributed by atoms with Crippen LogP contribution in [0.1, 0.15) is 24.5 Å². The molecule has 0 spiro atoms. The summed E-state index contributed by atoms with van der Waals surface area (Å²) in [5.41, 5.74) is 1.44. The molecular weight excluding hydrogens is 896 g/mol. The van der Waals surface area contributed by atoms with Crippen LogP contribution in [0.4, 0.5) is 0 Å². The van der Waals surface area contributed by atoms with Crippen molar-refractivity contribution in [2.75, 3.05) is 33.0 Å². The Morgan fingerprint density at radius 1 is 0.642 bits per heavy atom. The molecule has 0 aromatic heterocycles. The lowest BCUT2D eigenvalue weighted by Gasteiger charge is -2.46. The van der Waals surface area contributed by atoms with E-state index in [2.05, 4.69) is 0 Å². The molecule has 11 N–H and O–H groups in total. The van der Waals surface area contributed by atoms with E-state index in [9.17, 15) is 65.8 Å². The highest BCUT2D eigenvalue weighted by molar-refractivity contribution is 5.91. The number of ether oxygens (including phenoxy) is 10. The molecule has 0 radical (unpaired) electrons. The van der Waals surface area contributed by atoms with Crippen LogP contribution in [0.25, 0.3) is 0 Å². The molecule has 2 aromatic rings. The first-order valence-corrected chi connectivity index (χ1v) is 21.6. The smallest absolute Gasteiger partial charge is 0.337 e. The Morgan fingerprint density at radius 2 is 1.21 bits per heavy atom. The van der Waals surface area contributed by atoms with Crippen LogP contribution in [0, 0.1) is 5.92 Å². The molecular formula is C44H56O23. The largest absolute Gasteiger partial charge is 0.468 e. The average molecular weight is 953 g/mol. The quantitative estimate of drug-likeness (QED) is 0.0865. The highest BCUT2D eigenvalue weighted by atomic mass is 16.8. The van der Waals surface area contributed by atoms with Gasteiger partial charge >= 0.3 is 11.9 Å². The Kier molecular flexibility index (Phi) is 16.9. The second-order valence-electron chi connectivity index (χ2n) is 16.4.